The van der Waals surface area contributed by atoms with Crippen molar-refractivity contribution in [1.82, 2.24) is 5.32 Å². The summed E-state index contributed by atoms with van der Waals surface area (Å²) in [6.07, 6.45) is 32.2. The number of nitrogens with one attached hydrogen (secondary N) is 1. The van der Waals surface area contributed by atoms with Crippen molar-refractivity contribution in [1.29, 1.82) is 0 Å². The smallest absolute Gasteiger partial charge is 0.220 e. The van der Waals surface area contributed by atoms with Gasteiger partial charge in [-0.15, -0.1) is 0 Å². The van der Waals surface area contributed by atoms with E-state index in [4.69, 9.17) is 28.4 Å². The second-order valence-corrected chi connectivity index (χ2v) is 22.1. The molecule has 1 amide bonds. The fraction of sp³-hybridized carbons (Fsp3) is 0.738. The van der Waals surface area contributed by atoms with E-state index in [1.54, 1.807) is 0 Å². The predicted octanol–water partition coefficient (Wildman–Crippen LogP) is 6.54. The molecule has 0 aliphatic carbocycles. The van der Waals surface area contributed by atoms with Crippen LogP contribution in [0.3, 0.4) is 0 Å². The summed E-state index contributed by atoms with van der Waals surface area (Å²) in [5, 5.41) is 120. The largest absolute Gasteiger partial charge is 0.394 e. The van der Waals surface area contributed by atoms with E-state index < -0.39 is 124 Å². The van der Waals surface area contributed by atoms with E-state index in [-0.39, 0.29) is 18.9 Å². The fourth-order valence-corrected chi connectivity index (χ4v) is 10.0. The number of ether oxygens (including phenoxy) is 6. The Morgan fingerprint density at radius 3 is 1.29 bits per heavy atom. The van der Waals surface area contributed by atoms with Crippen LogP contribution in [0.1, 0.15) is 174 Å². The fourth-order valence-electron chi connectivity index (χ4n) is 10.0. The van der Waals surface area contributed by atoms with Crippen LogP contribution in [0.4, 0.5) is 0 Å². The molecule has 0 spiro atoms. The van der Waals surface area contributed by atoms with E-state index in [2.05, 4.69) is 116 Å². The summed E-state index contributed by atoms with van der Waals surface area (Å²) in [4.78, 5) is 13.3. The Hall–Kier alpha value is -3.29. The van der Waals surface area contributed by atoms with Crippen molar-refractivity contribution in [2.24, 2.45) is 0 Å². The maximum absolute atomic E-state index is 13.3. The lowest BCUT2D eigenvalue weighted by Crippen LogP contribution is -2.66. The molecule has 0 aromatic heterocycles. The Morgan fingerprint density at radius 2 is 0.821 bits per heavy atom. The van der Waals surface area contributed by atoms with Crippen LogP contribution in [0, 0.1) is 0 Å². The molecule has 19 nitrogen and oxygen atoms in total. The predicted molar refractivity (Wildman–Crippen MR) is 323 cm³/mol. The van der Waals surface area contributed by atoms with E-state index >= 15 is 0 Å². The van der Waals surface area contributed by atoms with Crippen LogP contribution in [0.2, 0.25) is 0 Å². The van der Waals surface area contributed by atoms with Gasteiger partial charge >= 0.3 is 0 Å². The number of rotatable bonds is 45. The van der Waals surface area contributed by atoms with Gasteiger partial charge in [0.15, 0.2) is 18.9 Å². The van der Waals surface area contributed by atoms with Crippen LogP contribution in [0.25, 0.3) is 0 Å². The zero-order chi connectivity index (χ0) is 61.2. The third-order valence-corrected chi connectivity index (χ3v) is 15.2. The first kappa shape index (κ1) is 75.0. The Balaban J connectivity index is 1.42. The van der Waals surface area contributed by atoms with Gasteiger partial charge in [-0.2, -0.15) is 0 Å². The van der Waals surface area contributed by atoms with Gasteiger partial charge in [-0.05, 0) is 77.0 Å². The number of hydrogen-bond acceptors (Lipinski definition) is 18. The number of carbonyl (C=O) groups excluding carboxylic acids is 1. The van der Waals surface area contributed by atoms with E-state index in [0.717, 1.165) is 96.3 Å². The average Bonchev–Trinajstić information content (AvgIpc) is 2.80. The maximum Gasteiger partial charge on any atom is 0.220 e. The summed E-state index contributed by atoms with van der Waals surface area (Å²) >= 11 is 0. The van der Waals surface area contributed by atoms with E-state index in [1.165, 1.54) is 38.5 Å². The monoisotopic (exact) mass is 1190 g/mol. The summed E-state index contributed by atoms with van der Waals surface area (Å²) < 4.78 is 34.2. The number of carbonyl (C=O) groups is 1. The van der Waals surface area contributed by atoms with Gasteiger partial charge in [-0.3, -0.25) is 4.79 Å². The van der Waals surface area contributed by atoms with Crippen molar-refractivity contribution in [3.63, 3.8) is 0 Å². The molecule has 12 N–H and O–H groups in total. The minimum absolute atomic E-state index is 0.229. The highest BCUT2D eigenvalue weighted by Crippen LogP contribution is 2.33. The molecule has 3 heterocycles. The van der Waals surface area contributed by atoms with Gasteiger partial charge in [0.2, 0.25) is 5.91 Å². The topological polar surface area (TPSA) is 307 Å². The first-order valence-corrected chi connectivity index (χ1v) is 31.5. The molecule has 0 aromatic rings. The zero-order valence-corrected chi connectivity index (χ0v) is 50.3. The number of hydrogen-bond donors (Lipinski definition) is 12. The molecule has 482 valence electrons. The summed E-state index contributed by atoms with van der Waals surface area (Å²) in [5.74, 6) is -0.275. The van der Waals surface area contributed by atoms with Gasteiger partial charge in [0.1, 0.15) is 73.2 Å². The van der Waals surface area contributed by atoms with Crippen LogP contribution < -0.4 is 5.32 Å². The van der Waals surface area contributed by atoms with Crippen molar-refractivity contribution in [2.45, 2.75) is 279 Å². The summed E-state index contributed by atoms with van der Waals surface area (Å²) in [6, 6.07) is -0.906. The quantitative estimate of drug-likeness (QED) is 0.0228. The lowest BCUT2D eigenvalue weighted by atomic mass is 9.96. The van der Waals surface area contributed by atoms with Crippen LogP contribution in [-0.2, 0) is 33.2 Å². The molecule has 3 saturated heterocycles. The Kier molecular flexibility index (Phi) is 41.8. The van der Waals surface area contributed by atoms with Crippen molar-refractivity contribution >= 4 is 5.91 Å². The van der Waals surface area contributed by atoms with E-state index in [9.17, 15) is 61.0 Å². The van der Waals surface area contributed by atoms with Gasteiger partial charge in [-0.25, -0.2) is 0 Å². The lowest BCUT2D eigenvalue weighted by Gasteiger charge is -2.48. The van der Waals surface area contributed by atoms with Crippen LogP contribution in [-0.4, -0.2) is 193 Å². The van der Waals surface area contributed by atoms with Crippen LogP contribution >= 0.6 is 0 Å². The Morgan fingerprint density at radius 1 is 0.440 bits per heavy atom. The molecular weight excluding hydrogens is 1080 g/mol. The second-order valence-electron chi connectivity index (χ2n) is 22.1. The number of allylic oxidation sites excluding steroid dienone is 16. The van der Waals surface area contributed by atoms with Crippen LogP contribution in [0.5, 0.6) is 0 Å². The maximum atomic E-state index is 13.3. The molecule has 3 rings (SSSR count). The molecule has 17 unspecified atom stereocenters. The number of aliphatic hydroxyl groups excluding tert-OH is 11. The van der Waals surface area contributed by atoms with Gasteiger partial charge in [-0.1, -0.05) is 188 Å². The SMILES string of the molecule is CC/C=C\C/C=C\C/C=C\C/C=C\C/C=C\C/C=C\C/C=C\C/C=C\CCCCCCC(=O)NC(COC1OC(CO)C(OC2OC(CO)C(OC3OC(CO)C(O)C(O)C3O)C(O)C2O)C(O)C1O)C(O)CCCCCCCCCCCC. The summed E-state index contributed by atoms with van der Waals surface area (Å²) in [5.41, 5.74) is 0. The number of amides is 1. The molecular formula is C65H109NO18. The van der Waals surface area contributed by atoms with Gasteiger partial charge in [0.25, 0.3) is 0 Å². The standard InChI is InChI=1S/C65H109NO18/c1-3-5-7-9-11-13-15-16-17-18-19-20-21-22-23-24-25-26-27-28-29-30-31-32-33-35-37-39-41-43-53(71)66-48(49(70)42-40-38-36-34-14-12-10-8-6-4-2)47-79-63-59(77)56(74)61(51(45-68)81-63)84-65-60(78)57(75)62(52(46-69)82-65)83-64-58(76)55(73)54(72)50(44-67)80-64/h5,7,11,13,16-17,19-20,22-23,25-26,28-29,31-32,48-52,54-65,67-70,72-78H,3-4,6,8-10,12,14-15,18,21,24,27,30,33-47H2,1-2H3,(H,66,71)/b7-5-,13-11-,17-16-,20-19-,23-22-,26-25-,29-28-,32-31-. The third kappa shape index (κ3) is 29.6. The summed E-state index contributed by atoms with van der Waals surface area (Å²) in [6.45, 7) is 1.60. The van der Waals surface area contributed by atoms with Gasteiger partial charge in [0.05, 0.1) is 38.6 Å². The molecule has 0 saturated carbocycles. The van der Waals surface area contributed by atoms with E-state index in [1.807, 2.05) is 0 Å². The Labute approximate surface area is 501 Å². The molecule has 84 heavy (non-hydrogen) atoms. The number of unbranched alkanes of at least 4 members (excludes halogenated alkanes) is 13. The van der Waals surface area contributed by atoms with E-state index in [0.29, 0.717) is 19.3 Å². The normalized spacial score (nSPS) is 29.8. The molecule has 0 radical (unpaired) electrons. The molecule has 3 aliphatic heterocycles. The van der Waals surface area contributed by atoms with Gasteiger partial charge < -0.3 is 89.9 Å². The highest BCUT2D eigenvalue weighted by atomic mass is 16.8. The molecule has 19 heteroatoms. The molecule has 3 aliphatic rings. The lowest BCUT2D eigenvalue weighted by molar-refractivity contribution is -0.379. The average molecular weight is 1190 g/mol. The zero-order valence-electron chi connectivity index (χ0n) is 50.3. The molecule has 17 atom stereocenters. The highest BCUT2D eigenvalue weighted by Gasteiger charge is 2.53. The molecule has 0 aromatic carbocycles. The highest BCUT2D eigenvalue weighted by molar-refractivity contribution is 5.76. The summed E-state index contributed by atoms with van der Waals surface area (Å²) in [7, 11) is 0. The van der Waals surface area contributed by atoms with Crippen LogP contribution in [0.15, 0.2) is 97.2 Å². The van der Waals surface area contributed by atoms with Crippen molar-refractivity contribution in [3.05, 3.63) is 97.2 Å². The Bertz CT molecular complexity index is 1910. The second kappa shape index (κ2) is 46.8. The minimum atomic E-state index is -1.98. The van der Waals surface area contributed by atoms with Crippen molar-refractivity contribution in [2.75, 3.05) is 26.4 Å². The number of aliphatic hydroxyl groups is 11. The molecule has 3 fully saturated rings. The molecule has 0 bridgehead atoms. The third-order valence-electron chi connectivity index (χ3n) is 15.2. The van der Waals surface area contributed by atoms with Crippen molar-refractivity contribution in [3.8, 4) is 0 Å². The first-order valence-electron chi connectivity index (χ1n) is 31.5. The minimum Gasteiger partial charge on any atom is -0.394 e. The first-order chi connectivity index (χ1) is 40.8. The van der Waals surface area contributed by atoms with Gasteiger partial charge in [0, 0.05) is 6.42 Å². The van der Waals surface area contributed by atoms with Crippen molar-refractivity contribution < 1.29 is 89.4 Å².